The maximum atomic E-state index is 13.9. The first-order chi connectivity index (χ1) is 11.6. The van der Waals surface area contributed by atoms with Crippen LogP contribution in [-0.4, -0.2) is 46.1 Å². The number of hydrogen-bond acceptors (Lipinski definition) is 4. The van der Waals surface area contributed by atoms with Crippen molar-refractivity contribution in [1.29, 1.82) is 0 Å². The lowest BCUT2D eigenvalue weighted by Crippen LogP contribution is -2.63. The number of nitrogens with zero attached hydrogens (tertiary/aromatic N) is 1. The molecular formula is C13H11F7N2O4. The molecule has 0 aliphatic rings. The molecule has 0 bridgehead atoms. The molecule has 26 heavy (non-hydrogen) atoms. The standard InChI is InChI=1S/C13H11F7N2O4/c1-6(22(25)26)9(11(14,15)12(16,17)13(18,19)20)21-8-4-2-7(3-5-8)10(23)24/h2-6,9,21H,1H3,(H,23,24). The lowest BCUT2D eigenvalue weighted by Gasteiger charge is -2.35. The Morgan fingerprint density at radius 2 is 1.58 bits per heavy atom. The SMILES string of the molecule is CC(C(Nc1ccc(C(=O)O)cc1)C(F)(F)C(F)(F)C(F)(F)F)[N+](=O)[O-]. The molecule has 1 aromatic carbocycles. The summed E-state index contributed by atoms with van der Waals surface area (Å²) >= 11 is 0. The maximum Gasteiger partial charge on any atom is 0.459 e. The fourth-order valence-corrected chi connectivity index (χ4v) is 1.91. The summed E-state index contributed by atoms with van der Waals surface area (Å²) in [4.78, 5) is 20.0. The summed E-state index contributed by atoms with van der Waals surface area (Å²) in [6, 6.07) is -2.50. The monoisotopic (exact) mass is 392 g/mol. The van der Waals surface area contributed by atoms with Crippen LogP contribution in [0.15, 0.2) is 24.3 Å². The topological polar surface area (TPSA) is 92.5 Å². The minimum absolute atomic E-state index is 0.332. The number of nitro groups is 1. The normalized spacial score (nSPS) is 15.2. The second-order valence-electron chi connectivity index (χ2n) is 5.23. The lowest BCUT2D eigenvalue weighted by molar-refractivity contribution is -0.528. The Hall–Kier alpha value is -2.60. The highest BCUT2D eigenvalue weighted by molar-refractivity contribution is 5.88. The number of hydrogen-bond donors (Lipinski definition) is 2. The van der Waals surface area contributed by atoms with Crippen LogP contribution in [0.4, 0.5) is 36.4 Å². The molecule has 0 fully saturated rings. The van der Waals surface area contributed by atoms with Crippen LogP contribution in [0.25, 0.3) is 0 Å². The van der Waals surface area contributed by atoms with Crippen LogP contribution >= 0.6 is 0 Å². The summed E-state index contributed by atoms with van der Waals surface area (Å²) in [6.45, 7) is 0.434. The molecule has 0 aliphatic carbocycles. The molecule has 0 radical (unpaired) electrons. The van der Waals surface area contributed by atoms with E-state index in [0.717, 1.165) is 24.3 Å². The molecule has 13 heteroatoms. The second kappa shape index (κ2) is 6.96. The molecule has 6 nitrogen and oxygen atoms in total. The average Bonchev–Trinajstić information content (AvgIpc) is 2.50. The summed E-state index contributed by atoms with van der Waals surface area (Å²) in [5.41, 5.74) is -0.840. The first-order valence-corrected chi connectivity index (χ1v) is 6.68. The van der Waals surface area contributed by atoms with Crippen LogP contribution in [0.5, 0.6) is 0 Å². The minimum atomic E-state index is -6.65. The Morgan fingerprint density at radius 1 is 1.12 bits per heavy atom. The molecular weight excluding hydrogens is 381 g/mol. The molecule has 0 saturated carbocycles. The number of carboxylic acids is 1. The predicted molar refractivity (Wildman–Crippen MR) is 73.2 cm³/mol. The largest absolute Gasteiger partial charge is 0.478 e. The number of alkyl halides is 7. The van der Waals surface area contributed by atoms with Gasteiger partial charge in [-0.1, -0.05) is 0 Å². The summed E-state index contributed by atoms with van der Waals surface area (Å²) in [6.07, 6.45) is -6.65. The molecule has 2 atom stereocenters. The number of aromatic carboxylic acids is 1. The van der Waals surface area contributed by atoms with Crippen molar-refractivity contribution >= 4 is 11.7 Å². The van der Waals surface area contributed by atoms with Gasteiger partial charge in [-0.2, -0.15) is 30.7 Å². The molecule has 0 heterocycles. The van der Waals surface area contributed by atoms with Crippen molar-refractivity contribution in [3.63, 3.8) is 0 Å². The maximum absolute atomic E-state index is 13.9. The van der Waals surface area contributed by atoms with Crippen LogP contribution < -0.4 is 5.32 Å². The van der Waals surface area contributed by atoms with E-state index < -0.39 is 46.7 Å². The molecule has 0 amide bonds. The number of nitrogens with one attached hydrogen (secondary N) is 1. The van der Waals surface area contributed by atoms with Crippen molar-refractivity contribution in [2.24, 2.45) is 0 Å². The zero-order valence-electron chi connectivity index (χ0n) is 12.7. The highest BCUT2D eigenvalue weighted by Crippen LogP contribution is 2.49. The van der Waals surface area contributed by atoms with Crippen molar-refractivity contribution in [3.05, 3.63) is 39.9 Å². The van der Waals surface area contributed by atoms with Crippen molar-refractivity contribution in [2.75, 3.05) is 5.32 Å². The fourth-order valence-electron chi connectivity index (χ4n) is 1.91. The van der Waals surface area contributed by atoms with Crippen molar-refractivity contribution in [2.45, 2.75) is 37.0 Å². The van der Waals surface area contributed by atoms with E-state index in [1.54, 1.807) is 5.32 Å². The van der Waals surface area contributed by atoms with E-state index in [0.29, 0.717) is 6.92 Å². The van der Waals surface area contributed by atoms with Gasteiger partial charge in [0.1, 0.15) is 0 Å². The van der Waals surface area contributed by atoms with Crippen molar-refractivity contribution in [1.82, 2.24) is 0 Å². The third-order valence-electron chi connectivity index (χ3n) is 3.43. The Kier molecular flexibility index (Phi) is 5.74. The Morgan fingerprint density at radius 3 is 1.92 bits per heavy atom. The molecule has 2 N–H and O–H groups in total. The molecule has 0 aromatic heterocycles. The van der Waals surface area contributed by atoms with E-state index in [9.17, 15) is 45.6 Å². The number of carboxylic acid groups (broad SMARTS) is 1. The van der Waals surface area contributed by atoms with Gasteiger partial charge in [0.15, 0.2) is 6.04 Å². The van der Waals surface area contributed by atoms with Crippen LogP contribution in [0.1, 0.15) is 17.3 Å². The molecule has 1 aromatic rings. The van der Waals surface area contributed by atoms with E-state index in [1.807, 2.05) is 0 Å². The number of anilines is 1. The van der Waals surface area contributed by atoms with Gasteiger partial charge in [0, 0.05) is 17.5 Å². The third-order valence-corrected chi connectivity index (χ3v) is 3.43. The average molecular weight is 392 g/mol. The van der Waals surface area contributed by atoms with Crippen molar-refractivity contribution in [3.8, 4) is 0 Å². The zero-order valence-corrected chi connectivity index (χ0v) is 12.7. The minimum Gasteiger partial charge on any atom is -0.478 e. The predicted octanol–water partition coefficient (Wildman–Crippen LogP) is 3.66. The summed E-state index contributed by atoms with van der Waals surface area (Å²) < 4.78 is 91.4. The fraction of sp³-hybridized carbons (Fsp3) is 0.462. The lowest BCUT2D eigenvalue weighted by atomic mass is 9.96. The van der Waals surface area contributed by atoms with E-state index in [2.05, 4.69) is 0 Å². The smallest absolute Gasteiger partial charge is 0.459 e. The highest BCUT2D eigenvalue weighted by atomic mass is 19.4. The quantitative estimate of drug-likeness (QED) is 0.420. The summed E-state index contributed by atoms with van der Waals surface area (Å²) in [5.74, 6) is -13.9. The number of benzene rings is 1. The highest BCUT2D eigenvalue weighted by Gasteiger charge is 2.77. The third kappa shape index (κ3) is 3.96. The Bertz CT molecular complexity index is 676. The summed E-state index contributed by atoms with van der Waals surface area (Å²) in [7, 11) is 0. The molecule has 2 unspecified atom stereocenters. The van der Waals surface area contributed by atoms with E-state index >= 15 is 0 Å². The Labute approximate surface area is 140 Å². The molecule has 0 spiro atoms. The van der Waals surface area contributed by atoms with E-state index in [4.69, 9.17) is 5.11 Å². The van der Waals surface area contributed by atoms with Gasteiger partial charge in [-0.15, -0.1) is 0 Å². The van der Waals surface area contributed by atoms with Crippen LogP contribution in [0, 0.1) is 10.1 Å². The number of halogens is 7. The zero-order chi connectivity index (χ0) is 20.5. The second-order valence-corrected chi connectivity index (χ2v) is 5.23. The van der Waals surface area contributed by atoms with Gasteiger partial charge in [-0.3, -0.25) is 10.1 Å². The first-order valence-electron chi connectivity index (χ1n) is 6.68. The number of rotatable bonds is 7. The van der Waals surface area contributed by atoms with Crippen LogP contribution in [-0.2, 0) is 0 Å². The summed E-state index contributed by atoms with van der Waals surface area (Å²) in [5, 5.41) is 21.0. The van der Waals surface area contributed by atoms with Crippen molar-refractivity contribution < 1.29 is 45.6 Å². The van der Waals surface area contributed by atoms with E-state index in [1.165, 1.54) is 0 Å². The van der Waals surface area contributed by atoms with Gasteiger partial charge in [0.25, 0.3) is 0 Å². The van der Waals surface area contributed by atoms with Gasteiger partial charge < -0.3 is 10.4 Å². The van der Waals surface area contributed by atoms with Gasteiger partial charge in [0.05, 0.1) is 5.56 Å². The van der Waals surface area contributed by atoms with Gasteiger partial charge in [-0.25, -0.2) is 4.79 Å². The van der Waals surface area contributed by atoms with Gasteiger partial charge >= 0.3 is 24.0 Å². The molecule has 0 saturated heterocycles. The number of carbonyl (C=O) groups is 1. The van der Waals surface area contributed by atoms with E-state index in [-0.39, 0.29) is 5.56 Å². The molecule has 146 valence electrons. The Balaban J connectivity index is 3.32. The molecule has 0 aliphatic heterocycles. The van der Waals surface area contributed by atoms with Gasteiger partial charge in [0.2, 0.25) is 6.04 Å². The van der Waals surface area contributed by atoms with Gasteiger partial charge in [-0.05, 0) is 24.3 Å². The van der Waals surface area contributed by atoms with Crippen LogP contribution in [0.2, 0.25) is 0 Å². The molecule has 1 rings (SSSR count). The van der Waals surface area contributed by atoms with Crippen LogP contribution in [0.3, 0.4) is 0 Å². The first kappa shape index (κ1) is 21.4.